The molecule has 0 radical (unpaired) electrons. The van der Waals surface area contributed by atoms with E-state index < -0.39 is 0 Å². The molecule has 1 unspecified atom stereocenters. The third-order valence-electron chi connectivity index (χ3n) is 5.08. The van der Waals surface area contributed by atoms with Gasteiger partial charge in [0.1, 0.15) is 0 Å². The van der Waals surface area contributed by atoms with Crippen LogP contribution in [0.4, 0.5) is 0 Å². The average molecular weight is 459 g/mol. The molecule has 0 aromatic heterocycles. The number of esters is 1. The Labute approximate surface area is 196 Å². The van der Waals surface area contributed by atoms with Crippen molar-refractivity contribution < 1.29 is 19.4 Å². The maximum absolute atomic E-state index is 12.0. The van der Waals surface area contributed by atoms with Gasteiger partial charge in [-0.15, -0.1) is 0 Å². The van der Waals surface area contributed by atoms with E-state index in [0.717, 1.165) is 31.2 Å². The molecular weight excluding hydrogens is 424 g/mol. The Morgan fingerprint density at radius 2 is 1.88 bits per heavy atom. The number of aromatic hydroxyl groups is 1. The molecule has 0 bridgehead atoms. The molecule has 6 nitrogen and oxygen atoms in total. The summed E-state index contributed by atoms with van der Waals surface area (Å²) in [5.74, 6) is 0.483. The number of rotatable bonds is 13. The van der Waals surface area contributed by atoms with Crippen molar-refractivity contribution in [1.29, 1.82) is 0 Å². The molecule has 0 spiro atoms. The maximum Gasteiger partial charge on any atom is 0.305 e. The Morgan fingerprint density at radius 3 is 2.59 bits per heavy atom. The summed E-state index contributed by atoms with van der Waals surface area (Å²) in [6.45, 7) is 3.55. The van der Waals surface area contributed by atoms with E-state index >= 15 is 0 Å². The number of phenolic OH excluding ortho intramolecular Hbond substituents is 1. The van der Waals surface area contributed by atoms with E-state index in [4.69, 9.17) is 21.7 Å². The van der Waals surface area contributed by atoms with Gasteiger partial charge in [-0.1, -0.05) is 56.2 Å². The van der Waals surface area contributed by atoms with Gasteiger partial charge in [0.05, 0.1) is 13.7 Å². The maximum atomic E-state index is 12.0. The lowest BCUT2D eigenvalue weighted by molar-refractivity contribution is -0.145. The summed E-state index contributed by atoms with van der Waals surface area (Å²) in [6.07, 6.45) is 4.24. The van der Waals surface area contributed by atoms with Crippen LogP contribution in [0.15, 0.2) is 48.5 Å². The van der Waals surface area contributed by atoms with Crippen LogP contribution >= 0.6 is 12.2 Å². The van der Waals surface area contributed by atoms with Gasteiger partial charge >= 0.3 is 5.97 Å². The first-order chi connectivity index (χ1) is 15.5. The van der Waals surface area contributed by atoms with Crippen LogP contribution in [0.5, 0.6) is 11.5 Å². The highest BCUT2D eigenvalue weighted by molar-refractivity contribution is 7.80. The van der Waals surface area contributed by atoms with Crippen LogP contribution in [0, 0.1) is 5.92 Å². The van der Waals surface area contributed by atoms with E-state index in [1.165, 1.54) is 12.7 Å². The van der Waals surface area contributed by atoms with Gasteiger partial charge in [0.25, 0.3) is 0 Å². The van der Waals surface area contributed by atoms with Crippen molar-refractivity contribution in [2.45, 2.75) is 45.6 Å². The molecule has 0 aliphatic heterocycles. The summed E-state index contributed by atoms with van der Waals surface area (Å²) in [7, 11) is 1.52. The monoisotopic (exact) mass is 458 g/mol. The second kappa shape index (κ2) is 14.3. The SMILES string of the molecule is CCCCCC(=O)OCC(CNC(=S)NCc1ccc(O)c(OC)c1)Cc1ccccc1. The minimum Gasteiger partial charge on any atom is -0.504 e. The van der Waals surface area contributed by atoms with Crippen LogP contribution in [0.25, 0.3) is 0 Å². The highest BCUT2D eigenvalue weighted by Crippen LogP contribution is 2.26. The van der Waals surface area contributed by atoms with Gasteiger partial charge in [-0.2, -0.15) is 0 Å². The van der Waals surface area contributed by atoms with Gasteiger partial charge in [-0.3, -0.25) is 4.79 Å². The van der Waals surface area contributed by atoms with Gasteiger partial charge in [0, 0.05) is 25.4 Å². The first-order valence-corrected chi connectivity index (χ1v) is 11.5. The van der Waals surface area contributed by atoms with E-state index in [-0.39, 0.29) is 17.6 Å². The number of methoxy groups -OCH3 is 1. The zero-order chi connectivity index (χ0) is 23.2. The number of phenols is 1. The number of carbonyl (C=O) groups excluding carboxylic acids is 1. The number of benzene rings is 2. The van der Waals surface area contributed by atoms with Gasteiger partial charge in [0.15, 0.2) is 16.6 Å². The Hall–Kier alpha value is -2.80. The minimum atomic E-state index is -0.140. The molecule has 174 valence electrons. The fourth-order valence-electron chi connectivity index (χ4n) is 3.25. The highest BCUT2D eigenvalue weighted by Gasteiger charge is 2.14. The van der Waals surface area contributed by atoms with E-state index in [1.54, 1.807) is 12.1 Å². The second-order valence-corrected chi connectivity index (χ2v) is 8.17. The topological polar surface area (TPSA) is 79.8 Å². The number of nitrogens with one attached hydrogen (secondary N) is 2. The summed E-state index contributed by atoms with van der Waals surface area (Å²) in [6, 6.07) is 15.3. The molecule has 0 fully saturated rings. The smallest absolute Gasteiger partial charge is 0.305 e. The largest absolute Gasteiger partial charge is 0.504 e. The number of carbonyl (C=O) groups is 1. The third-order valence-corrected chi connectivity index (χ3v) is 5.37. The van der Waals surface area contributed by atoms with E-state index in [9.17, 15) is 9.90 Å². The third kappa shape index (κ3) is 9.56. The Kier molecular flexibility index (Phi) is 11.4. The summed E-state index contributed by atoms with van der Waals surface area (Å²) < 4.78 is 10.7. The fourth-order valence-corrected chi connectivity index (χ4v) is 3.41. The second-order valence-electron chi connectivity index (χ2n) is 7.77. The zero-order valence-corrected chi connectivity index (χ0v) is 19.7. The number of unbranched alkanes of at least 4 members (excludes halogenated alkanes) is 2. The molecule has 0 saturated heterocycles. The molecule has 0 heterocycles. The van der Waals surface area contributed by atoms with E-state index in [2.05, 4.69) is 29.7 Å². The van der Waals surface area contributed by atoms with Crippen molar-refractivity contribution in [3.63, 3.8) is 0 Å². The average Bonchev–Trinajstić information content (AvgIpc) is 2.81. The van der Waals surface area contributed by atoms with Crippen molar-refractivity contribution >= 4 is 23.3 Å². The van der Waals surface area contributed by atoms with Gasteiger partial charge in [-0.05, 0) is 48.3 Å². The first kappa shape index (κ1) is 25.5. The van der Waals surface area contributed by atoms with Crippen LogP contribution in [-0.2, 0) is 22.5 Å². The number of hydrogen-bond donors (Lipinski definition) is 3. The molecule has 1 atom stereocenters. The van der Waals surface area contributed by atoms with Crippen LogP contribution in [-0.4, -0.2) is 36.4 Å². The number of hydrogen-bond acceptors (Lipinski definition) is 5. The van der Waals surface area contributed by atoms with Crippen molar-refractivity contribution in [3.8, 4) is 11.5 Å². The van der Waals surface area contributed by atoms with Crippen LogP contribution < -0.4 is 15.4 Å². The Balaban J connectivity index is 1.84. The summed E-state index contributed by atoms with van der Waals surface area (Å²) in [5.41, 5.74) is 2.13. The predicted molar refractivity (Wildman–Crippen MR) is 131 cm³/mol. The summed E-state index contributed by atoms with van der Waals surface area (Å²) in [5, 5.41) is 16.6. The van der Waals surface area contributed by atoms with Crippen LogP contribution in [0.1, 0.15) is 43.7 Å². The lowest BCUT2D eigenvalue weighted by Gasteiger charge is -2.19. The molecule has 2 rings (SSSR count). The van der Waals surface area contributed by atoms with Gasteiger partial charge in [-0.25, -0.2) is 0 Å². The van der Waals surface area contributed by atoms with Crippen LogP contribution in [0.3, 0.4) is 0 Å². The molecule has 0 aliphatic carbocycles. The molecule has 0 aliphatic rings. The molecule has 32 heavy (non-hydrogen) atoms. The summed E-state index contributed by atoms with van der Waals surface area (Å²) >= 11 is 5.42. The fraction of sp³-hybridized carbons (Fsp3) is 0.440. The molecule has 7 heteroatoms. The quantitative estimate of drug-likeness (QED) is 0.234. The lowest BCUT2D eigenvalue weighted by Crippen LogP contribution is -2.39. The van der Waals surface area contributed by atoms with E-state index in [0.29, 0.717) is 37.0 Å². The van der Waals surface area contributed by atoms with Crippen molar-refractivity contribution in [2.24, 2.45) is 5.92 Å². The van der Waals surface area contributed by atoms with E-state index in [1.807, 2.05) is 24.3 Å². The zero-order valence-electron chi connectivity index (χ0n) is 18.9. The predicted octanol–water partition coefficient (Wildman–Crippen LogP) is 4.35. The number of thiocarbonyl (C=S) groups is 1. The van der Waals surface area contributed by atoms with Gasteiger partial charge < -0.3 is 25.2 Å². The molecule has 2 aromatic rings. The van der Waals surface area contributed by atoms with Crippen LogP contribution in [0.2, 0.25) is 0 Å². The normalized spacial score (nSPS) is 11.4. The highest BCUT2D eigenvalue weighted by atomic mass is 32.1. The minimum absolute atomic E-state index is 0.0982. The molecular formula is C25H34N2O4S. The van der Waals surface area contributed by atoms with Gasteiger partial charge in [0.2, 0.25) is 0 Å². The lowest BCUT2D eigenvalue weighted by atomic mass is 10.00. The standard InChI is InChI=1S/C25H34N2O4S/c1-3-4-6-11-24(29)31-18-21(14-19-9-7-5-8-10-19)17-27-25(32)26-16-20-12-13-22(28)23(15-20)30-2/h5,7-10,12-13,15,21,28H,3-4,6,11,14,16-18H2,1-2H3,(H2,26,27,32). The van der Waals surface area contributed by atoms with Crippen molar-refractivity contribution in [3.05, 3.63) is 59.7 Å². The molecule has 3 N–H and O–H groups in total. The van der Waals surface area contributed by atoms with Crippen molar-refractivity contribution in [1.82, 2.24) is 10.6 Å². The number of ether oxygens (including phenoxy) is 2. The Bertz CT molecular complexity index is 845. The molecule has 0 saturated carbocycles. The Morgan fingerprint density at radius 1 is 1.09 bits per heavy atom. The summed E-state index contributed by atoms with van der Waals surface area (Å²) in [4.78, 5) is 12.0. The molecule has 0 amide bonds. The molecule has 2 aromatic carbocycles. The first-order valence-electron chi connectivity index (χ1n) is 11.1. The van der Waals surface area contributed by atoms with Crippen molar-refractivity contribution in [2.75, 3.05) is 20.3 Å².